The zero-order valence-corrected chi connectivity index (χ0v) is 11.4. The first-order valence-corrected chi connectivity index (χ1v) is 7.40. The van der Waals surface area contributed by atoms with E-state index in [1.807, 2.05) is 0 Å². The Morgan fingerprint density at radius 1 is 1.37 bits per heavy atom. The van der Waals surface area contributed by atoms with Crippen molar-refractivity contribution in [2.24, 2.45) is 7.05 Å². The molecule has 6 nitrogen and oxygen atoms in total. The number of hydrogen-bond donors (Lipinski definition) is 2. The highest BCUT2D eigenvalue weighted by atomic mass is 32.2. The summed E-state index contributed by atoms with van der Waals surface area (Å²) in [6, 6.07) is 6.93. The molecule has 1 heterocycles. The molecular weight excluding hydrogens is 264 g/mol. The van der Waals surface area contributed by atoms with E-state index >= 15 is 0 Å². The van der Waals surface area contributed by atoms with Crippen molar-refractivity contribution in [1.82, 2.24) is 14.5 Å². The van der Waals surface area contributed by atoms with Gasteiger partial charge in [-0.25, -0.2) is 13.1 Å². The molecule has 0 aliphatic heterocycles. The molecule has 2 rings (SSSR count). The molecule has 1 aromatic heterocycles. The molecule has 1 aromatic carbocycles. The molecule has 0 atom stereocenters. The van der Waals surface area contributed by atoms with Crippen LogP contribution in [0, 0.1) is 0 Å². The van der Waals surface area contributed by atoms with Gasteiger partial charge in [0, 0.05) is 31.0 Å². The van der Waals surface area contributed by atoms with E-state index < -0.39 is 10.0 Å². The number of nitrogens with one attached hydrogen (secondary N) is 1. The third kappa shape index (κ3) is 3.80. The van der Waals surface area contributed by atoms with Crippen LogP contribution in [0.25, 0.3) is 0 Å². The lowest BCUT2D eigenvalue weighted by molar-refractivity contribution is 0.580. The normalized spacial score (nSPS) is 11.6. The number of nitrogens with two attached hydrogens (primary N) is 1. The van der Waals surface area contributed by atoms with Crippen LogP contribution in [0.1, 0.15) is 11.1 Å². The highest BCUT2D eigenvalue weighted by Gasteiger charge is 2.13. The first-order valence-electron chi connectivity index (χ1n) is 5.74. The number of aromatic nitrogens is 2. The average Bonchev–Trinajstić information content (AvgIpc) is 2.76. The van der Waals surface area contributed by atoms with Gasteiger partial charge in [0.25, 0.3) is 0 Å². The largest absolute Gasteiger partial charge is 0.398 e. The van der Waals surface area contributed by atoms with E-state index in [2.05, 4.69) is 9.82 Å². The molecule has 102 valence electrons. The molecule has 0 aliphatic rings. The number of rotatable bonds is 5. The third-order valence-corrected chi connectivity index (χ3v) is 3.93. The minimum atomic E-state index is -3.41. The highest BCUT2D eigenvalue weighted by molar-refractivity contribution is 7.88. The lowest BCUT2D eigenvalue weighted by atomic mass is 10.2. The quantitative estimate of drug-likeness (QED) is 0.786. The van der Waals surface area contributed by atoms with E-state index in [9.17, 15) is 8.42 Å². The van der Waals surface area contributed by atoms with E-state index in [0.717, 1.165) is 5.56 Å². The first-order chi connectivity index (χ1) is 8.96. The van der Waals surface area contributed by atoms with E-state index in [1.165, 1.54) is 0 Å². The van der Waals surface area contributed by atoms with Crippen molar-refractivity contribution in [3.05, 3.63) is 47.8 Å². The second-order valence-corrected chi connectivity index (χ2v) is 6.11. The van der Waals surface area contributed by atoms with Crippen molar-refractivity contribution in [1.29, 1.82) is 0 Å². The summed E-state index contributed by atoms with van der Waals surface area (Å²) in [4.78, 5) is 0. The monoisotopic (exact) mass is 280 g/mol. The van der Waals surface area contributed by atoms with Crippen LogP contribution >= 0.6 is 0 Å². The summed E-state index contributed by atoms with van der Waals surface area (Å²) in [6.45, 7) is 0.225. The summed E-state index contributed by atoms with van der Waals surface area (Å²) in [5.74, 6) is -0.125. The van der Waals surface area contributed by atoms with Gasteiger partial charge in [0.1, 0.15) is 0 Å². The first kappa shape index (κ1) is 13.6. The predicted octanol–water partition coefficient (Wildman–Crippen LogP) is 0.622. The maximum atomic E-state index is 11.9. The van der Waals surface area contributed by atoms with Crippen LogP contribution in [0.15, 0.2) is 36.7 Å². The topological polar surface area (TPSA) is 90.0 Å². The number of nitrogens with zero attached hydrogens (tertiary/aromatic N) is 2. The summed E-state index contributed by atoms with van der Waals surface area (Å²) >= 11 is 0. The van der Waals surface area contributed by atoms with Gasteiger partial charge in [-0.05, 0) is 11.6 Å². The Bertz CT molecular complexity index is 664. The van der Waals surface area contributed by atoms with Gasteiger partial charge in [0.05, 0.1) is 11.9 Å². The highest BCUT2D eigenvalue weighted by Crippen LogP contribution is 2.13. The van der Waals surface area contributed by atoms with E-state index in [-0.39, 0.29) is 12.3 Å². The summed E-state index contributed by atoms with van der Waals surface area (Å²) in [7, 11) is -1.63. The minimum absolute atomic E-state index is 0.125. The molecule has 0 radical (unpaired) electrons. The minimum Gasteiger partial charge on any atom is -0.398 e. The van der Waals surface area contributed by atoms with Crippen molar-refractivity contribution in [2.45, 2.75) is 12.3 Å². The Labute approximate surface area is 112 Å². The third-order valence-electron chi connectivity index (χ3n) is 2.66. The number of sulfonamides is 1. The van der Waals surface area contributed by atoms with Crippen LogP contribution in [0.4, 0.5) is 5.69 Å². The number of anilines is 1. The van der Waals surface area contributed by atoms with Crippen molar-refractivity contribution in [3.63, 3.8) is 0 Å². The second kappa shape index (κ2) is 5.41. The van der Waals surface area contributed by atoms with E-state index in [0.29, 0.717) is 11.3 Å². The fourth-order valence-corrected chi connectivity index (χ4v) is 2.84. The molecule has 0 spiro atoms. The zero-order chi connectivity index (χ0) is 13.9. The zero-order valence-electron chi connectivity index (χ0n) is 10.6. The Morgan fingerprint density at radius 2 is 2.11 bits per heavy atom. The van der Waals surface area contributed by atoms with Crippen molar-refractivity contribution in [2.75, 3.05) is 5.73 Å². The number of hydrogen-bond acceptors (Lipinski definition) is 4. The number of nitrogen functional groups attached to an aromatic ring is 1. The standard InChI is InChI=1S/C12H16N4O2S/c1-16-8-10(6-14-16)7-15-19(17,18)9-11-4-2-3-5-12(11)13/h2-6,8,15H,7,9,13H2,1H3. The van der Waals surface area contributed by atoms with Crippen LogP contribution in [0.2, 0.25) is 0 Å². The van der Waals surface area contributed by atoms with Gasteiger partial charge in [0.2, 0.25) is 10.0 Å². The molecule has 0 unspecified atom stereocenters. The molecule has 0 saturated carbocycles. The second-order valence-electron chi connectivity index (χ2n) is 4.30. The maximum Gasteiger partial charge on any atom is 0.216 e. The molecular formula is C12H16N4O2S. The predicted molar refractivity (Wildman–Crippen MR) is 73.5 cm³/mol. The molecule has 19 heavy (non-hydrogen) atoms. The SMILES string of the molecule is Cn1cc(CNS(=O)(=O)Cc2ccccc2N)cn1. The van der Waals surface area contributed by atoms with Gasteiger partial charge >= 0.3 is 0 Å². The molecule has 0 amide bonds. The lowest BCUT2D eigenvalue weighted by Crippen LogP contribution is -2.24. The Kier molecular flexibility index (Phi) is 3.87. The average molecular weight is 280 g/mol. The number of para-hydroxylation sites is 1. The van der Waals surface area contributed by atoms with Crippen LogP contribution in [-0.2, 0) is 29.4 Å². The van der Waals surface area contributed by atoms with Crippen LogP contribution < -0.4 is 10.5 Å². The summed E-state index contributed by atoms with van der Waals surface area (Å²) in [5, 5.41) is 3.98. The molecule has 0 fully saturated rings. The van der Waals surface area contributed by atoms with Gasteiger partial charge in [-0.1, -0.05) is 18.2 Å². The Balaban J connectivity index is 2.01. The van der Waals surface area contributed by atoms with Gasteiger partial charge in [-0.3, -0.25) is 4.68 Å². The maximum absolute atomic E-state index is 11.9. The summed E-state index contributed by atoms with van der Waals surface area (Å²) < 4.78 is 28.0. The molecule has 0 bridgehead atoms. The summed E-state index contributed by atoms with van der Waals surface area (Å²) in [5.41, 5.74) is 7.62. The van der Waals surface area contributed by atoms with Crippen LogP contribution in [0.3, 0.4) is 0 Å². The summed E-state index contributed by atoms with van der Waals surface area (Å²) in [6.07, 6.45) is 3.39. The van der Waals surface area contributed by atoms with Crippen molar-refractivity contribution in [3.8, 4) is 0 Å². The molecule has 0 aliphatic carbocycles. The van der Waals surface area contributed by atoms with E-state index in [1.54, 1.807) is 48.4 Å². The number of aryl methyl sites for hydroxylation is 1. The lowest BCUT2D eigenvalue weighted by Gasteiger charge is -2.07. The fraction of sp³-hybridized carbons (Fsp3) is 0.250. The molecule has 7 heteroatoms. The fourth-order valence-electron chi connectivity index (χ4n) is 1.68. The van der Waals surface area contributed by atoms with Gasteiger partial charge < -0.3 is 5.73 Å². The van der Waals surface area contributed by atoms with E-state index in [4.69, 9.17) is 5.73 Å². The van der Waals surface area contributed by atoms with Gasteiger partial charge in [-0.15, -0.1) is 0 Å². The Morgan fingerprint density at radius 3 is 2.74 bits per heavy atom. The molecule has 2 aromatic rings. The van der Waals surface area contributed by atoms with Crippen LogP contribution in [0.5, 0.6) is 0 Å². The Hall–Kier alpha value is -1.86. The van der Waals surface area contributed by atoms with Crippen molar-refractivity contribution >= 4 is 15.7 Å². The number of benzene rings is 1. The smallest absolute Gasteiger partial charge is 0.216 e. The van der Waals surface area contributed by atoms with Gasteiger partial charge in [-0.2, -0.15) is 5.10 Å². The molecule has 0 saturated heterocycles. The molecule has 3 N–H and O–H groups in total. The van der Waals surface area contributed by atoms with Crippen molar-refractivity contribution < 1.29 is 8.42 Å². The van der Waals surface area contributed by atoms with Crippen LogP contribution in [-0.4, -0.2) is 18.2 Å². The van der Waals surface area contributed by atoms with Gasteiger partial charge in [0.15, 0.2) is 0 Å².